The van der Waals surface area contributed by atoms with E-state index in [9.17, 15) is 9.90 Å². The van der Waals surface area contributed by atoms with Gasteiger partial charge in [0.15, 0.2) is 0 Å². The third-order valence-electron chi connectivity index (χ3n) is 2.24. The van der Waals surface area contributed by atoms with Crippen molar-refractivity contribution < 1.29 is 14.6 Å². The van der Waals surface area contributed by atoms with Crippen LogP contribution in [0.25, 0.3) is 17.1 Å². The zero-order valence-corrected chi connectivity index (χ0v) is 9.83. The van der Waals surface area contributed by atoms with Crippen LogP contribution in [-0.4, -0.2) is 27.7 Å². The zero-order chi connectivity index (χ0) is 13.0. The molecule has 0 unspecified atom stereocenters. The summed E-state index contributed by atoms with van der Waals surface area (Å²) in [6, 6.07) is 7.35. The van der Waals surface area contributed by atoms with Crippen molar-refractivity contribution in [1.29, 1.82) is 0 Å². The molecule has 0 atom stereocenters. The molecule has 0 amide bonds. The van der Waals surface area contributed by atoms with E-state index >= 15 is 0 Å². The number of benzene rings is 1. The number of esters is 1. The molecular formula is C13H12N2O3. The number of aromatic nitrogens is 2. The van der Waals surface area contributed by atoms with Gasteiger partial charge in [-0.15, -0.1) is 0 Å². The van der Waals surface area contributed by atoms with E-state index in [1.165, 1.54) is 12.3 Å². The first-order chi connectivity index (χ1) is 8.70. The Bertz CT molecular complexity index is 608. The lowest BCUT2D eigenvalue weighted by Crippen LogP contribution is -2.07. The van der Waals surface area contributed by atoms with Crippen molar-refractivity contribution in [3.05, 3.63) is 41.9 Å². The molecule has 1 aromatic carbocycles. The van der Waals surface area contributed by atoms with E-state index in [-0.39, 0.29) is 6.61 Å². The monoisotopic (exact) mass is 244 g/mol. The minimum atomic E-state index is -0.771. The highest BCUT2D eigenvalue weighted by molar-refractivity contribution is 5.90. The van der Waals surface area contributed by atoms with Gasteiger partial charge < -0.3 is 9.84 Å². The van der Waals surface area contributed by atoms with Crippen LogP contribution in [0.15, 0.2) is 36.2 Å². The normalized spacial score (nSPS) is 11.5. The molecule has 0 saturated carbocycles. The molecule has 1 N–H and O–H groups in total. The molecular weight excluding hydrogens is 232 g/mol. The number of hydrogen-bond donors (Lipinski definition) is 1. The summed E-state index contributed by atoms with van der Waals surface area (Å²) in [5.41, 5.74) is 1.85. The minimum absolute atomic E-state index is 0.208. The largest absolute Gasteiger partial charge is 0.502 e. The Labute approximate surface area is 104 Å². The summed E-state index contributed by atoms with van der Waals surface area (Å²) in [5.74, 6) is -1.26. The van der Waals surface area contributed by atoms with Crippen LogP contribution in [-0.2, 0) is 9.53 Å². The third kappa shape index (κ3) is 2.63. The van der Waals surface area contributed by atoms with E-state index < -0.39 is 11.7 Å². The van der Waals surface area contributed by atoms with Crippen molar-refractivity contribution in [2.75, 3.05) is 6.61 Å². The lowest BCUT2D eigenvalue weighted by Gasteiger charge is -2.01. The van der Waals surface area contributed by atoms with E-state index in [1.807, 2.05) is 18.2 Å². The number of fused-ring (bicyclic) bond motifs is 1. The topological polar surface area (TPSA) is 72.3 Å². The van der Waals surface area contributed by atoms with Gasteiger partial charge in [0.1, 0.15) is 0 Å². The second kappa shape index (κ2) is 5.27. The summed E-state index contributed by atoms with van der Waals surface area (Å²) in [6.45, 7) is 1.88. The van der Waals surface area contributed by atoms with Gasteiger partial charge in [-0.25, -0.2) is 9.78 Å². The molecule has 2 aromatic rings. The second-order valence-corrected chi connectivity index (χ2v) is 3.53. The molecule has 0 radical (unpaired) electrons. The van der Waals surface area contributed by atoms with Gasteiger partial charge in [0, 0.05) is 6.08 Å². The lowest BCUT2D eigenvalue weighted by atomic mass is 10.3. The minimum Gasteiger partial charge on any atom is -0.502 e. The fraction of sp³-hybridized carbons (Fsp3) is 0.154. The third-order valence-corrected chi connectivity index (χ3v) is 2.24. The first-order valence-electron chi connectivity index (χ1n) is 5.50. The Morgan fingerprint density at radius 1 is 1.39 bits per heavy atom. The van der Waals surface area contributed by atoms with Crippen LogP contribution in [0, 0.1) is 0 Å². The van der Waals surface area contributed by atoms with E-state index in [1.54, 1.807) is 13.0 Å². The highest BCUT2D eigenvalue weighted by Gasteiger charge is 2.08. The summed E-state index contributed by atoms with van der Waals surface area (Å²) >= 11 is 0. The Hall–Kier alpha value is -2.43. The molecule has 0 spiro atoms. The molecule has 0 fully saturated rings. The van der Waals surface area contributed by atoms with E-state index in [0.717, 1.165) is 5.52 Å². The van der Waals surface area contributed by atoms with Crippen molar-refractivity contribution in [2.45, 2.75) is 6.92 Å². The maximum atomic E-state index is 11.2. The number of ether oxygens (including phenoxy) is 1. The maximum Gasteiger partial charge on any atom is 0.373 e. The Morgan fingerprint density at radius 3 is 2.83 bits per heavy atom. The van der Waals surface area contributed by atoms with Crippen LogP contribution in [0.3, 0.4) is 0 Å². The predicted octanol–water partition coefficient (Wildman–Crippen LogP) is 2.09. The highest BCUT2D eigenvalue weighted by atomic mass is 16.5. The Kier molecular flexibility index (Phi) is 3.52. The van der Waals surface area contributed by atoms with E-state index in [2.05, 4.69) is 14.7 Å². The van der Waals surface area contributed by atoms with E-state index in [0.29, 0.717) is 11.2 Å². The molecule has 1 aromatic heterocycles. The highest BCUT2D eigenvalue weighted by Crippen LogP contribution is 2.10. The standard InChI is InChI=1S/C13H12N2O3/c1-2-18-13(17)12(16)7-9-8-14-10-5-3-4-6-11(10)15-9/h3-8,16H,2H2,1H3. The number of carbonyl (C=O) groups is 1. The van der Waals surface area contributed by atoms with E-state index in [4.69, 9.17) is 0 Å². The quantitative estimate of drug-likeness (QED) is 0.508. The second-order valence-electron chi connectivity index (χ2n) is 3.53. The number of carbonyl (C=O) groups excluding carboxylic acids is 1. The van der Waals surface area contributed by atoms with Gasteiger partial charge in [-0.3, -0.25) is 4.98 Å². The fourth-order valence-electron chi connectivity index (χ4n) is 1.45. The van der Waals surface area contributed by atoms with Crippen LogP contribution in [0.1, 0.15) is 12.6 Å². The lowest BCUT2D eigenvalue weighted by molar-refractivity contribution is -0.141. The molecule has 0 saturated heterocycles. The number of aliphatic hydroxyl groups is 1. The Balaban J connectivity index is 2.31. The summed E-state index contributed by atoms with van der Waals surface area (Å²) in [7, 11) is 0. The SMILES string of the molecule is CCOC(=O)C(O)=Cc1cnc2ccccc2n1. The van der Waals surface area contributed by atoms with Crippen LogP contribution in [0.2, 0.25) is 0 Å². The number of rotatable bonds is 3. The number of hydrogen-bond acceptors (Lipinski definition) is 5. The van der Waals surface area contributed by atoms with Gasteiger partial charge in [0.25, 0.3) is 0 Å². The summed E-state index contributed by atoms with van der Waals surface area (Å²) in [6.07, 6.45) is 2.72. The van der Waals surface area contributed by atoms with Gasteiger partial charge in [0.2, 0.25) is 5.76 Å². The average Bonchev–Trinajstić information content (AvgIpc) is 2.39. The van der Waals surface area contributed by atoms with Gasteiger partial charge in [-0.1, -0.05) is 12.1 Å². The smallest absolute Gasteiger partial charge is 0.373 e. The molecule has 0 aliphatic rings. The molecule has 18 heavy (non-hydrogen) atoms. The molecule has 0 aliphatic heterocycles. The van der Waals surface area contributed by atoms with Crippen LogP contribution in [0.5, 0.6) is 0 Å². The molecule has 0 bridgehead atoms. The van der Waals surface area contributed by atoms with Crippen molar-refractivity contribution in [3.8, 4) is 0 Å². The van der Waals surface area contributed by atoms with Gasteiger partial charge in [0.05, 0.1) is 29.5 Å². The predicted molar refractivity (Wildman–Crippen MR) is 66.8 cm³/mol. The first kappa shape index (κ1) is 12.0. The van der Waals surface area contributed by atoms with Gasteiger partial charge in [-0.2, -0.15) is 0 Å². The van der Waals surface area contributed by atoms with Crippen molar-refractivity contribution >= 4 is 23.1 Å². The summed E-state index contributed by atoms with van der Waals surface area (Å²) in [5, 5.41) is 9.49. The van der Waals surface area contributed by atoms with Crippen LogP contribution >= 0.6 is 0 Å². The van der Waals surface area contributed by atoms with Crippen molar-refractivity contribution in [3.63, 3.8) is 0 Å². The van der Waals surface area contributed by atoms with Crippen molar-refractivity contribution in [2.24, 2.45) is 0 Å². The molecule has 1 heterocycles. The molecule has 0 aliphatic carbocycles. The number of para-hydroxylation sites is 2. The maximum absolute atomic E-state index is 11.2. The number of nitrogens with zero attached hydrogens (tertiary/aromatic N) is 2. The van der Waals surface area contributed by atoms with Crippen molar-refractivity contribution in [1.82, 2.24) is 9.97 Å². The van der Waals surface area contributed by atoms with Gasteiger partial charge in [-0.05, 0) is 19.1 Å². The average molecular weight is 244 g/mol. The Morgan fingerprint density at radius 2 is 2.11 bits per heavy atom. The molecule has 92 valence electrons. The molecule has 2 rings (SSSR count). The molecule has 5 nitrogen and oxygen atoms in total. The van der Waals surface area contributed by atoms with Gasteiger partial charge >= 0.3 is 5.97 Å². The summed E-state index contributed by atoms with van der Waals surface area (Å²) in [4.78, 5) is 19.6. The van der Waals surface area contributed by atoms with Crippen LogP contribution < -0.4 is 0 Å². The fourth-order valence-corrected chi connectivity index (χ4v) is 1.45. The molecule has 5 heteroatoms. The number of aliphatic hydroxyl groups excluding tert-OH is 1. The summed E-state index contributed by atoms with van der Waals surface area (Å²) < 4.78 is 4.66. The first-order valence-corrected chi connectivity index (χ1v) is 5.50. The van der Waals surface area contributed by atoms with Crippen LogP contribution in [0.4, 0.5) is 0 Å². The zero-order valence-electron chi connectivity index (χ0n) is 9.83.